The van der Waals surface area contributed by atoms with Crippen molar-refractivity contribution < 1.29 is 29.6 Å². The number of hydrogen-bond donors (Lipinski definition) is 3. The Kier molecular flexibility index (Phi) is 6.60. The summed E-state index contributed by atoms with van der Waals surface area (Å²) in [6, 6.07) is 0. The van der Waals surface area contributed by atoms with Gasteiger partial charge in [-0.15, -0.1) is 0 Å². The van der Waals surface area contributed by atoms with Gasteiger partial charge in [-0.2, -0.15) is 0 Å². The molecule has 0 bridgehead atoms. The Hall–Kier alpha value is -0.530. The lowest BCUT2D eigenvalue weighted by Crippen LogP contribution is -2.47. The highest BCUT2D eigenvalue weighted by Crippen LogP contribution is 2.08. The van der Waals surface area contributed by atoms with Gasteiger partial charge in [0.2, 0.25) is 0 Å². The molecule has 0 heterocycles. The van der Waals surface area contributed by atoms with Gasteiger partial charge in [-0.1, -0.05) is 0 Å². The minimum absolute atomic E-state index is 0.0544. The van der Waals surface area contributed by atoms with Crippen LogP contribution in [0.25, 0.3) is 0 Å². The van der Waals surface area contributed by atoms with E-state index in [1.54, 1.807) is 0 Å². The first-order valence-corrected chi connectivity index (χ1v) is 4.09. The second-order valence-corrected chi connectivity index (χ2v) is 2.84. The van der Waals surface area contributed by atoms with Crippen molar-refractivity contribution in [2.75, 3.05) is 20.8 Å². The Balaban J connectivity index is 4.30. The fourth-order valence-electron chi connectivity index (χ4n) is 1.06. The van der Waals surface area contributed by atoms with Gasteiger partial charge in [0.1, 0.15) is 24.4 Å². The summed E-state index contributed by atoms with van der Waals surface area (Å²) in [6.07, 6.45) is -5.03. The van der Waals surface area contributed by atoms with Crippen LogP contribution in [-0.4, -0.2) is 66.8 Å². The Labute approximate surface area is 82.1 Å². The average Bonchev–Trinajstić information content (AvgIpc) is 2.18. The fourth-order valence-corrected chi connectivity index (χ4v) is 1.06. The van der Waals surface area contributed by atoms with Crippen LogP contribution >= 0.6 is 0 Å². The van der Waals surface area contributed by atoms with Crippen molar-refractivity contribution >= 4 is 6.29 Å². The highest BCUT2D eigenvalue weighted by molar-refractivity contribution is 5.56. The summed E-state index contributed by atoms with van der Waals surface area (Å²) in [5.41, 5.74) is 0. The minimum atomic E-state index is -1.58. The van der Waals surface area contributed by atoms with Crippen LogP contribution in [0.1, 0.15) is 0 Å². The van der Waals surface area contributed by atoms with Crippen LogP contribution in [0, 0.1) is 0 Å². The van der Waals surface area contributed by atoms with Crippen LogP contribution in [0.15, 0.2) is 0 Å². The van der Waals surface area contributed by atoms with E-state index in [0.29, 0.717) is 0 Å². The maximum atomic E-state index is 10.2. The molecule has 0 radical (unpaired) electrons. The van der Waals surface area contributed by atoms with Crippen LogP contribution < -0.4 is 0 Å². The lowest BCUT2D eigenvalue weighted by atomic mass is 10.0. The maximum absolute atomic E-state index is 10.2. The smallest absolute Gasteiger partial charge is 0.151 e. The largest absolute Gasteiger partial charge is 0.388 e. The van der Waals surface area contributed by atoms with Crippen molar-refractivity contribution in [1.29, 1.82) is 0 Å². The zero-order valence-electron chi connectivity index (χ0n) is 8.16. The fraction of sp³-hybridized carbons (Fsp3) is 0.875. The van der Waals surface area contributed by atoms with E-state index in [1.807, 2.05) is 0 Å². The molecule has 84 valence electrons. The molecule has 0 saturated heterocycles. The van der Waals surface area contributed by atoms with Gasteiger partial charge in [0.15, 0.2) is 6.29 Å². The molecule has 6 heteroatoms. The summed E-state index contributed by atoms with van der Waals surface area (Å²) in [7, 11) is 2.63. The maximum Gasteiger partial charge on any atom is 0.151 e. The van der Waals surface area contributed by atoms with Crippen LogP contribution in [0.4, 0.5) is 0 Å². The van der Waals surface area contributed by atoms with Crippen molar-refractivity contribution in [3.05, 3.63) is 0 Å². The molecular weight excluding hydrogens is 192 g/mol. The molecule has 0 aliphatic carbocycles. The van der Waals surface area contributed by atoms with Gasteiger partial charge < -0.3 is 29.6 Å². The molecule has 0 aromatic rings. The van der Waals surface area contributed by atoms with E-state index in [1.165, 1.54) is 14.2 Å². The van der Waals surface area contributed by atoms with Crippen LogP contribution in [0.5, 0.6) is 0 Å². The SMILES string of the molecule is COC[C@@H](O)[C@@H](OC)[C@H](O)[C@H](O)C=O. The van der Waals surface area contributed by atoms with Crippen molar-refractivity contribution in [2.45, 2.75) is 24.4 Å². The van der Waals surface area contributed by atoms with E-state index >= 15 is 0 Å². The summed E-state index contributed by atoms with van der Waals surface area (Å²) in [5, 5.41) is 27.7. The molecule has 0 fully saturated rings. The van der Waals surface area contributed by atoms with Gasteiger partial charge in [0.05, 0.1) is 6.61 Å². The third-order valence-corrected chi connectivity index (χ3v) is 1.81. The Bertz CT molecular complexity index is 162. The zero-order chi connectivity index (χ0) is 11.1. The predicted molar refractivity (Wildman–Crippen MR) is 46.8 cm³/mol. The number of hydrogen-bond acceptors (Lipinski definition) is 6. The second kappa shape index (κ2) is 6.86. The zero-order valence-corrected chi connectivity index (χ0v) is 8.16. The Morgan fingerprint density at radius 3 is 2.21 bits per heavy atom. The summed E-state index contributed by atoms with van der Waals surface area (Å²) >= 11 is 0. The monoisotopic (exact) mass is 208 g/mol. The van der Waals surface area contributed by atoms with Crippen molar-refractivity contribution in [1.82, 2.24) is 0 Å². The van der Waals surface area contributed by atoms with Crippen LogP contribution in [-0.2, 0) is 14.3 Å². The number of ether oxygens (including phenoxy) is 2. The normalized spacial score (nSPS) is 19.8. The third kappa shape index (κ3) is 3.69. The molecule has 0 spiro atoms. The third-order valence-electron chi connectivity index (χ3n) is 1.81. The van der Waals surface area contributed by atoms with Gasteiger partial charge in [-0.05, 0) is 0 Å². The quantitative estimate of drug-likeness (QED) is 0.416. The molecule has 0 saturated carbocycles. The molecule has 0 amide bonds. The number of methoxy groups -OCH3 is 2. The Morgan fingerprint density at radius 2 is 1.86 bits per heavy atom. The molecule has 6 nitrogen and oxygen atoms in total. The molecule has 0 aromatic heterocycles. The molecule has 14 heavy (non-hydrogen) atoms. The summed E-state index contributed by atoms with van der Waals surface area (Å²) in [6.45, 7) is -0.0544. The molecule has 3 N–H and O–H groups in total. The standard InChI is InChI=1S/C8H16O6/c1-13-4-6(11)8(14-2)7(12)5(10)3-9/h3,5-8,10-12H,4H2,1-2H3/t5-,6-,7-,8-/m1/s1. The highest BCUT2D eigenvalue weighted by Gasteiger charge is 2.31. The number of carbonyl (C=O) groups is 1. The van der Waals surface area contributed by atoms with E-state index in [9.17, 15) is 15.0 Å². The first-order chi connectivity index (χ1) is 6.58. The van der Waals surface area contributed by atoms with E-state index in [0.717, 1.165) is 0 Å². The van der Waals surface area contributed by atoms with Gasteiger partial charge in [-0.25, -0.2) is 0 Å². The number of rotatable bonds is 7. The molecular formula is C8H16O6. The second-order valence-electron chi connectivity index (χ2n) is 2.84. The van der Waals surface area contributed by atoms with Crippen molar-refractivity contribution in [3.63, 3.8) is 0 Å². The summed E-state index contributed by atoms with van der Waals surface area (Å²) < 4.78 is 9.39. The minimum Gasteiger partial charge on any atom is -0.388 e. The number of aliphatic hydroxyl groups excluding tert-OH is 3. The molecule has 0 aromatic carbocycles. The van der Waals surface area contributed by atoms with E-state index in [4.69, 9.17) is 9.84 Å². The van der Waals surface area contributed by atoms with Crippen LogP contribution in [0.3, 0.4) is 0 Å². The van der Waals surface area contributed by atoms with E-state index in [-0.39, 0.29) is 12.9 Å². The van der Waals surface area contributed by atoms with Crippen molar-refractivity contribution in [3.8, 4) is 0 Å². The predicted octanol–water partition coefficient (Wildman–Crippen LogP) is -2.07. The lowest BCUT2D eigenvalue weighted by Gasteiger charge is -2.26. The summed E-state index contributed by atoms with van der Waals surface area (Å²) in [4.78, 5) is 10.2. The number of carbonyl (C=O) groups excluding carboxylic acids is 1. The average molecular weight is 208 g/mol. The molecule has 0 rings (SSSR count). The number of aldehydes is 1. The molecule has 0 aliphatic heterocycles. The van der Waals surface area contributed by atoms with Gasteiger partial charge in [0, 0.05) is 14.2 Å². The van der Waals surface area contributed by atoms with Gasteiger partial charge >= 0.3 is 0 Å². The molecule has 4 atom stereocenters. The van der Waals surface area contributed by atoms with Crippen molar-refractivity contribution in [2.24, 2.45) is 0 Å². The Morgan fingerprint density at radius 1 is 1.29 bits per heavy atom. The first-order valence-electron chi connectivity index (χ1n) is 4.09. The van der Waals surface area contributed by atoms with Crippen LogP contribution in [0.2, 0.25) is 0 Å². The molecule has 0 aliphatic rings. The topological polar surface area (TPSA) is 96.2 Å². The summed E-state index contributed by atoms with van der Waals surface area (Å²) in [5.74, 6) is 0. The first kappa shape index (κ1) is 13.5. The van der Waals surface area contributed by atoms with E-state index in [2.05, 4.69) is 4.74 Å². The van der Waals surface area contributed by atoms with E-state index < -0.39 is 24.4 Å². The van der Waals surface area contributed by atoms with Gasteiger partial charge in [0.25, 0.3) is 0 Å². The van der Waals surface area contributed by atoms with Gasteiger partial charge in [-0.3, -0.25) is 0 Å². The lowest BCUT2D eigenvalue weighted by molar-refractivity contribution is -0.144. The highest BCUT2D eigenvalue weighted by atomic mass is 16.5. The molecule has 0 unspecified atom stereocenters. The number of aliphatic hydroxyl groups is 3.